The molecule has 1 heterocycles. The third kappa shape index (κ3) is 5.77. The van der Waals surface area contributed by atoms with Crippen molar-refractivity contribution in [3.05, 3.63) is 42.5 Å². The topological polar surface area (TPSA) is 52.3 Å². The highest BCUT2D eigenvalue weighted by Crippen LogP contribution is 2.12. The van der Waals surface area contributed by atoms with Gasteiger partial charge in [0.1, 0.15) is 18.4 Å². The van der Waals surface area contributed by atoms with Crippen molar-refractivity contribution in [3.63, 3.8) is 0 Å². The Bertz CT molecular complexity index is 520. The Hall–Kier alpha value is -2.17. The monoisotopic (exact) mass is 286 g/mol. The summed E-state index contributed by atoms with van der Waals surface area (Å²) in [5.74, 6) is 0.909. The third-order valence-electron chi connectivity index (χ3n) is 3.14. The van der Waals surface area contributed by atoms with Crippen LogP contribution >= 0.6 is 0 Å². The van der Waals surface area contributed by atoms with Crippen molar-refractivity contribution in [3.8, 4) is 5.75 Å². The minimum absolute atomic E-state index is 0.790. The Morgan fingerprint density at radius 2 is 1.76 bits per heavy atom. The van der Waals surface area contributed by atoms with Crippen LogP contribution < -0.4 is 4.74 Å². The van der Waals surface area contributed by atoms with E-state index in [1.54, 1.807) is 23.5 Å². The van der Waals surface area contributed by atoms with Crippen molar-refractivity contribution in [2.24, 2.45) is 5.10 Å². The Kier molecular flexibility index (Phi) is 6.45. The lowest BCUT2D eigenvalue weighted by Gasteiger charge is -2.06. The molecule has 21 heavy (non-hydrogen) atoms. The molecular formula is C16H22N4O. The maximum Gasteiger partial charge on any atom is 0.141 e. The van der Waals surface area contributed by atoms with Crippen molar-refractivity contribution in [2.75, 3.05) is 6.61 Å². The number of nitrogens with zero attached hydrogens (tertiary/aromatic N) is 4. The van der Waals surface area contributed by atoms with Crippen molar-refractivity contribution in [2.45, 2.75) is 39.0 Å². The van der Waals surface area contributed by atoms with Crippen LogP contribution in [0.5, 0.6) is 5.75 Å². The molecule has 0 unspecified atom stereocenters. The number of hydrogen-bond acceptors (Lipinski definition) is 4. The van der Waals surface area contributed by atoms with Crippen molar-refractivity contribution < 1.29 is 4.74 Å². The van der Waals surface area contributed by atoms with E-state index in [1.807, 2.05) is 24.3 Å². The second-order valence-corrected chi connectivity index (χ2v) is 4.92. The van der Waals surface area contributed by atoms with E-state index in [-0.39, 0.29) is 0 Å². The minimum atomic E-state index is 0.790. The fraction of sp³-hybridized carbons (Fsp3) is 0.438. The highest BCUT2D eigenvalue weighted by Gasteiger charge is 1.95. The van der Waals surface area contributed by atoms with Crippen molar-refractivity contribution in [1.82, 2.24) is 14.9 Å². The van der Waals surface area contributed by atoms with Gasteiger partial charge in [-0.3, -0.25) is 0 Å². The second-order valence-electron chi connectivity index (χ2n) is 4.92. The fourth-order valence-electron chi connectivity index (χ4n) is 1.93. The van der Waals surface area contributed by atoms with E-state index in [2.05, 4.69) is 22.2 Å². The molecule has 0 N–H and O–H groups in total. The van der Waals surface area contributed by atoms with Gasteiger partial charge in [0.15, 0.2) is 0 Å². The predicted molar refractivity (Wildman–Crippen MR) is 83.7 cm³/mol. The molecule has 0 bridgehead atoms. The molecule has 0 aliphatic rings. The molecule has 0 amide bonds. The van der Waals surface area contributed by atoms with Crippen LogP contribution in [0.4, 0.5) is 0 Å². The highest BCUT2D eigenvalue weighted by atomic mass is 16.5. The molecule has 0 fully saturated rings. The van der Waals surface area contributed by atoms with E-state index in [9.17, 15) is 0 Å². The van der Waals surface area contributed by atoms with Crippen molar-refractivity contribution >= 4 is 6.21 Å². The first-order chi connectivity index (χ1) is 10.4. The van der Waals surface area contributed by atoms with Gasteiger partial charge in [-0.1, -0.05) is 32.6 Å². The summed E-state index contributed by atoms with van der Waals surface area (Å²) >= 11 is 0. The van der Waals surface area contributed by atoms with Gasteiger partial charge in [0, 0.05) is 0 Å². The molecule has 112 valence electrons. The van der Waals surface area contributed by atoms with Crippen LogP contribution in [0.1, 0.15) is 44.6 Å². The van der Waals surface area contributed by atoms with Crippen LogP contribution in [0.3, 0.4) is 0 Å². The zero-order chi connectivity index (χ0) is 14.8. The van der Waals surface area contributed by atoms with Gasteiger partial charge in [-0.2, -0.15) is 5.10 Å². The molecule has 0 spiro atoms. The number of ether oxygens (including phenoxy) is 1. The van der Waals surface area contributed by atoms with Gasteiger partial charge in [-0.05, 0) is 36.2 Å². The van der Waals surface area contributed by atoms with Crippen LogP contribution in [0.25, 0.3) is 0 Å². The molecule has 0 aliphatic carbocycles. The van der Waals surface area contributed by atoms with E-state index in [1.165, 1.54) is 25.7 Å². The first-order valence-electron chi connectivity index (χ1n) is 7.50. The van der Waals surface area contributed by atoms with E-state index in [0.29, 0.717) is 0 Å². The maximum absolute atomic E-state index is 5.72. The summed E-state index contributed by atoms with van der Waals surface area (Å²) < 4.78 is 7.28. The average Bonchev–Trinajstić information content (AvgIpc) is 3.03. The summed E-state index contributed by atoms with van der Waals surface area (Å²) in [6.07, 6.45) is 11.1. The number of unbranched alkanes of at least 4 members (excludes halogenated alkanes) is 4. The van der Waals surface area contributed by atoms with Gasteiger partial charge in [-0.25, -0.2) is 4.68 Å². The molecule has 0 saturated carbocycles. The van der Waals surface area contributed by atoms with Crippen LogP contribution in [0, 0.1) is 0 Å². The van der Waals surface area contributed by atoms with Crippen molar-refractivity contribution in [1.29, 1.82) is 0 Å². The Morgan fingerprint density at radius 1 is 1.05 bits per heavy atom. The highest BCUT2D eigenvalue weighted by molar-refractivity contribution is 5.79. The van der Waals surface area contributed by atoms with Crippen LogP contribution in [0.15, 0.2) is 42.0 Å². The number of rotatable bonds is 9. The fourth-order valence-corrected chi connectivity index (χ4v) is 1.93. The predicted octanol–water partition coefficient (Wildman–Crippen LogP) is 3.51. The zero-order valence-corrected chi connectivity index (χ0v) is 12.5. The summed E-state index contributed by atoms with van der Waals surface area (Å²) in [6.45, 7) is 3.02. The average molecular weight is 286 g/mol. The van der Waals surface area contributed by atoms with Gasteiger partial charge in [0.2, 0.25) is 0 Å². The van der Waals surface area contributed by atoms with E-state index < -0.39 is 0 Å². The van der Waals surface area contributed by atoms with E-state index in [0.717, 1.165) is 24.3 Å². The van der Waals surface area contributed by atoms with Crippen LogP contribution in [0.2, 0.25) is 0 Å². The van der Waals surface area contributed by atoms with Gasteiger partial charge in [0.25, 0.3) is 0 Å². The molecule has 0 saturated heterocycles. The second kappa shape index (κ2) is 8.89. The lowest BCUT2D eigenvalue weighted by Crippen LogP contribution is -1.97. The molecule has 5 heteroatoms. The molecule has 0 atom stereocenters. The van der Waals surface area contributed by atoms with Gasteiger partial charge in [-0.15, -0.1) is 10.2 Å². The lowest BCUT2D eigenvalue weighted by molar-refractivity contribution is 0.304. The first-order valence-corrected chi connectivity index (χ1v) is 7.50. The normalized spacial score (nSPS) is 11.1. The molecule has 5 nitrogen and oxygen atoms in total. The quantitative estimate of drug-likeness (QED) is 0.523. The Labute approximate surface area is 125 Å². The van der Waals surface area contributed by atoms with Gasteiger partial charge < -0.3 is 4.74 Å². The molecule has 0 aliphatic heterocycles. The van der Waals surface area contributed by atoms with Crippen LogP contribution in [-0.2, 0) is 0 Å². The number of aromatic nitrogens is 3. The molecule has 1 aromatic carbocycles. The zero-order valence-electron chi connectivity index (χ0n) is 12.5. The molecule has 0 radical (unpaired) electrons. The Balaban J connectivity index is 1.72. The summed E-state index contributed by atoms with van der Waals surface area (Å²) in [5.41, 5.74) is 1.01. The SMILES string of the molecule is CCCCCCCOc1ccc(/C=N/n2cnnc2)cc1. The number of benzene rings is 1. The summed E-state index contributed by atoms with van der Waals surface area (Å²) in [6, 6.07) is 7.92. The molecular weight excluding hydrogens is 264 g/mol. The standard InChI is InChI=1S/C16H22N4O/c1-2-3-4-5-6-11-21-16-9-7-15(8-10-16)12-19-20-13-17-18-14-20/h7-10,12-14H,2-6,11H2,1H3/b19-12+. The molecule has 2 rings (SSSR count). The molecule has 1 aromatic heterocycles. The van der Waals surface area contributed by atoms with E-state index in [4.69, 9.17) is 4.74 Å². The van der Waals surface area contributed by atoms with Gasteiger partial charge in [0.05, 0.1) is 12.8 Å². The van der Waals surface area contributed by atoms with E-state index >= 15 is 0 Å². The summed E-state index contributed by atoms with van der Waals surface area (Å²) in [5, 5.41) is 11.6. The first kappa shape index (κ1) is 15.2. The maximum atomic E-state index is 5.72. The minimum Gasteiger partial charge on any atom is -0.494 e. The third-order valence-corrected chi connectivity index (χ3v) is 3.14. The lowest BCUT2D eigenvalue weighted by atomic mass is 10.2. The van der Waals surface area contributed by atoms with Crippen LogP contribution in [-0.4, -0.2) is 27.7 Å². The smallest absolute Gasteiger partial charge is 0.141 e. The summed E-state index contributed by atoms with van der Waals surface area (Å²) in [4.78, 5) is 0. The Morgan fingerprint density at radius 3 is 2.48 bits per heavy atom. The number of hydrogen-bond donors (Lipinski definition) is 0. The molecule has 2 aromatic rings. The van der Waals surface area contributed by atoms with Gasteiger partial charge >= 0.3 is 0 Å². The summed E-state index contributed by atoms with van der Waals surface area (Å²) in [7, 11) is 0. The largest absolute Gasteiger partial charge is 0.494 e.